The van der Waals surface area contributed by atoms with E-state index in [1.165, 1.54) is 0 Å². The maximum absolute atomic E-state index is 11.9. The smallest absolute Gasteiger partial charge is 0.323 e. The van der Waals surface area contributed by atoms with Gasteiger partial charge in [0.15, 0.2) is 0 Å². The third kappa shape index (κ3) is 7.67. The lowest BCUT2D eigenvalue weighted by molar-refractivity contribution is -0.157. The molecule has 0 aromatic heterocycles. The quantitative estimate of drug-likeness (QED) is 0.713. The molecule has 0 aliphatic heterocycles. The number of hydrogen-bond donors (Lipinski definition) is 1. The molecule has 0 saturated heterocycles. The van der Waals surface area contributed by atoms with E-state index >= 15 is 0 Å². The van der Waals surface area contributed by atoms with Crippen molar-refractivity contribution in [3.63, 3.8) is 0 Å². The molecule has 2 unspecified atom stereocenters. The van der Waals surface area contributed by atoms with Crippen molar-refractivity contribution in [2.24, 2.45) is 5.92 Å². The first-order valence-corrected chi connectivity index (χ1v) is 6.74. The van der Waals surface area contributed by atoms with Crippen LogP contribution in [0.4, 0.5) is 0 Å². The summed E-state index contributed by atoms with van der Waals surface area (Å²) in [6.45, 7) is 14.9. The zero-order valence-corrected chi connectivity index (χ0v) is 12.9. The van der Waals surface area contributed by atoms with Gasteiger partial charge in [-0.2, -0.15) is 0 Å². The molecule has 0 saturated carbocycles. The van der Waals surface area contributed by atoms with Crippen molar-refractivity contribution in [2.75, 3.05) is 13.2 Å². The zero-order valence-electron chi connectivity index (χ0n) is 12.9. The number of esters is 1. The van der Waals surface area contributed by atoms with E-state index in [9.17, 15) is 4.79 Å². The first kappa shape index (κ1) is 17.4. The number of carbonyl (C=O) groups is 1. The van der Waals surface area contributed by atoms with Crippen LogP contribution in [0.2, 0.25) is 0 Å². The molecule has 18 heavy (non-hydrogen) atoms. The van der Waals surface area contributed by atoms with Gasteiger partial charge in [0.2, 0.25) is 0 Å². The van der Waals surface area contributed by atoms with E-state index in [0.29, 0.717) is 19.1 Å². The Kier molecular flexibility index (Phi) is 7.48. The highest BCUT2D eigenvalue weighted by Crippen LogP contribution is 2.10. The molecule has 0 radical (unpaired) electrons. The summed E-state index contributed by atoms with van der Waals surface area (Å²) >= 11 is 0. The van der Waals surface area contributed by atoms with Crippen molar-refractivity contribution in [3.8, 4) is 0 Å². The standard InChI is InChI=1S/C14H29NO3/c1-8-17-9-12(10(2)3)15-11(4)13(16)18-14(5,6)7/h10-12,15H,8-9H2,1-7H3. The first-order chi connectivity index (χ1) is 8.17. The molecule has 0 spiro atoms. The van der Waals surface area contributed by atoms with Crippen LogP contribution in [-0.4, -0.2) is 36.9 Å². The van der Waals surface area contributed by atoms with Crippen molar-refractivity contribution in [3.05, 3.63) is 0 Å². The van der Waals surface area contributed by atoms with Gasteiger partial charge in [-0.05, 0) is 40.5 Å². The number of carbonyl (C=O) groups excluding carboxylic acids is 1. The van der Waals surface area contributed by atoms with Gasteiger partial charge in [-0.15, -0.1) is 0 Å². The third-order valence-electron chi connectivity index (χ3n) is 2.53. The molecule has 0 bridgehead atoms. The lowest BCUT2D eigenvalue weighted by atomic mass is 10.0. The molecule has 1 N–H and O–H groups in total. The fourth-order valence-electron chi connectivity index (χ4n) is 1.46. The largest absolute Gasteiger partial charge is 0.459 e. The van der Waals surface area contributed by atoms with Crippen LogP contribution in [0.3, 0.4) is 0 Å². The van der Waals surface area contributed by atoms with E-state index in [2.05, 4.69) is 19.2 Å². The van der Waals surface area contributed by atoms with Crippen molar-refractivity contribution in [1.29, 1.82) is 0 Å². The van der Waals surface area contributed by atoms with E-state index < -0.39 is 5.60 Å². The predicted octanol–water partition coefficient (Wildman–Crippen LogP) is 2.37. The van der Waals surface area contributed by atoms with Crippen molar-refractivity contribution in [2.45, 2.75) is 66.2 Å². The van der Waals surface area contributed by atoms with E-state index in [-0.39, 0.29) is 18.1 Å². The topological polar surface area (TPSA) is 47.6 Å². The van der Waals surface area contributed by atoms with Gasteiger partial charge < -0.3 is 9.47 Å². The van der Waals surface area contributed by atoms with Crippen LogP contribution >= 0.6 is 0 Å². The van der Waals surface area contributed by atoms with Crippen molar-refractivity contribution < 1.29 is 14.3 Å². The molecule has 0 amide bonds. The average Bonchev–Trinajstić information content (AvgIpc) is 2.20. The van der Waals surface area contributed by atoms with E-state index in [1.807, 2.05) is 34.6 Å². The summed E-state index contributed by atoms with van der Waals surface area (Å²) in [4.78, 5) is 11.9. The Hall–Kier alpha value is -0.610. The van der Waals surface area contributed by atoms with Gasteiger partial charge in [-0.3, -0.25) is 10.1 Å². The Morgan fingerprint density at radius 2 is 1.78 bits per heavy atom. The summed E-state index contributed by atoms with van der Waals surface area (Å²) in [6.07, 6.45) is 0. The van der Waals surface area contributed by atoms with Gasteiger partial charge in [0.1, 0.15) is 11.6 Å². The van der Waals surface area contributed by atoms with Crippen LogP contribution in [0.15, 0.2) is 0 Å². The van der Waals surface area contributed by atoms with Gasteiger partial charge in [0, 0.05) is 12.6 Å². The van der Waals surface area contributed by atoms with Gasteiger partial charge in [-0.1, -0.05) is 13.8 Å². The summed E-state index contributed by atoms with van der Waals surface area (Å²) in [5, 5.41) is 3.27. The molecule has 4 nitrogen and oxygen atoms in total. The molecular weight excluding hydrogens is 230 g/mol. The Labute approximate surface area is 111 Å². The van der Waals surface area contributed by atoms with Crippen LogP contribution in [0.1, 0.15) is 48.5 Å². The molecule has 0 aromatic carbocycles. The number of ether oxygens (including phenoxy) is 2. The molecule has 0 aliphatic carbocycles. The summed E-state index contributed by atoms with van der Waals surface area (Å²) in [5.41, 5.74) is -0.444. The second-order valence-electron chi connectivity index (χ2n) is 5.93. The van der Waals surface area contributed by atoms with Crippen LogP contribution in [0.5, 0.6) is 0 Å². The average molecular weight is 259 g/mol. The van der Waals surface area contributed by atoms with Crippen LogP contribution < -0.4 is 5.32 Å². The molecule has 0 rings (SSSR count). The summed E-state index contributed by atoms with van der Waals surface area (Å²) in [6, 6.07) is -0.162. The zero-order chi connectivity index (χ0) is 14.3. The first-order valence-electron chi connectivity index (χ1n) is 6.74. The van der Waals surface area contributed by atoms with Crippen molar-refractivity contribution in [1.82, 2.24) is 5.32 Å². The number of hydrogen-bond acceptors (Lipinski definition) is 4. The van der Waals surface area contributed by atoms with Gasteiger partial charge in [-0.25, -0.2) is 0 Å². The minimum atomic E-state index is -0.444. The molecule has 0 aromatic rings. The molecule has 2 atom stereocenters. The molecule has 0 fully saturated rings. The highest BCUT2D eigenvalue weighted by atomic mass is 16.6. The van der Waals surface area contributed by atoms with Gasteiger partial charge in [0.25, 0.3) is 0 Å². The Morgan fingerprint density at radius 3 is 2.17 bits per heavy atom. The molecular formula is C14H29NO3. The van der Waals surface area contributed by atoms with Crippen molar-refractivity contribution >= 4 is 5.97 Å². The predicted molar refractivity (Wildman–Crippen MR) is 73.6 cm³/mol. The number of rotatable bonds is 7. The SMILES string of the molecule is CCOCC(NC(C)C(=O)OC(C)(C)C)C(C)C. The third-order valence-corrected chi connectivity index (χ3v) is 2.53. The summed E-state index contributed by atoms with van der Waals surface area (Å²) in [7, 11) is 0. The fourth-order valence-corrected chi connectivity index (χ4v) is 1.46. The molecule has 0 heterocycles. The normalized spacial score (nSPS) is 15.6. The minimum absolute atomic E-state index is 0.160. The molecule has 108 valence electrons. The maximum Gasteiger partial charge on any atom is 0.323 e. The van der Waals surface area contributed by atoms with E-state index in [4.69, 9.17) is 9.47 Å². The summed E-state index contributed by atoms with van der Waals surface area (Å²) < 4.78 is 10.8. The minimum Gasteiger partial charge on any atom is -0.459 e. The lowest BCUT2D eigenvalue weighted by Crippen LogP contribution is -2.48. The molecule has 0 aliphatic rings. The Morgan fingerprint density at radius 1 is 1.22 bits per heavy atom. The van der Waals surface area contributed by atoms with Crippen LogP contribution in [-0.2, 0) is 14.3 Å². The van der Waals surface area contributed by atoms with Crippen LogP contribution in [0, 0.1) is 5.92 Å². The summed E-state index contributed by atoms with van der Waals surface area (Å²) in [5.74, 6) is 0.186. The number of nitrogens with one attached hydrogen (secondary N) is 1. The maximum atomic E-state index is 11.9. The second-order valence-corrected chi connectivity index (χ2v) is 5.93. The Bertz CT molecular complexity index is 246. The van der Waals surface area contributed by atoms with E-state index in [1.54, 1.807) is 0 Å². The van der Waals surface area contributed by atoms with Gasteiger partial charge in [0.05, 0.1) is 6.61 Å². The monoisotopic (exact) mass is 259 g/mol. The lowest BCUT2D eigenvalue weighted by Gasteiger charge is -2.27. The molecule has 4 heteroatoms. The second kappa shape index (κ2) is 7.74. The van der Waals surface area contributed by atoms with Crippen LogP contribution in [0.25, 0.3) is 0 Å². The Balaban J connectivity index is 4.31. The fraction of sp³-hybridized carbons (Fsp3) is 0.929. The highest BCUT2D eigenvalue weighted by molar-refractivity contribution is 5.75. The highest BCUT2D eigenvalue weighted by Gasteiger charge is 2.24. The van der Waals surface area contributed by atoms with Gasteiger partial charge >= 0.3 is 5.97 Å². The van der Waals surface area contributed by atoms with E-state index in [0.717, 1.165) is 0 Å².